The number of benzene rings is 1. The second-order valence-electron chi connectivity index (χ2n) is 4.89. The first-order valence-corrected chi connectivity index (χ1v) is 7.73. The van der Waals surface area contributed by atoms with E-state index in [0.29, 0.717) is 6.04 Å². The van der Waals surface area contributed by atoms with Gasteiger partial charge in [0.05, 0.1) is 6.61 Å². The molecule has 108 valence electrons. The predicted molar refractivity (Wildman–Crippen MR) is 86.5 cm³/mol. The van der Waals surface area contributed by atoms with Gasteiger partial charge in [-0.1, -0.05) is 29.3 Å². The van der Waals surface area contributed by atoms with E-state index in [9.17, 15) is 0 Å². The Bertz CT molecular complexity index is 380. The molecule has 19 heavy (non-hydrogen) atoms. The number of aryl methyl sites for hydroxylation is 1. The fraction of sp³-hybridized carbons (Fsp3) is 0.600. The standard InChI is InChI=1S/C15H22BrNO.ClH/c1-2-12-11-13(16)6-7-15(12)18-10-8-14-5-3-4-9-17-14;/h6-7,11,14,17H,2-5,8-10H2,1H3;1H. The zero-order valence-corrected chi connectivity index (χ0v) is 13.9. The molecule has 1 unspecified atom stereocenters. The van der Waals surface area contributed by atoms with Gasteiger partial charge in [0.15, 0.2) is 0 Å². The van der Waals surface area contributed by atoms with Crippen molar-refractivity contribution in [2.75, 3.05) is 13.2 Å². The van der Waals surface area contributed by atoms with E-state index in [-0.39, 0.29) is 12.4 Å². The summed E-state index contributed by atoms with van der Waals surface area (Å²) < 4.78 is 7.05. The van der Waals surface area contributed by atoms with Gasteiger partial charge in [-0.2, -0.15) is 0 Å². The van der Waals surface area contributed by atoms with E-state index in [1.807, 2.05) is 6.07 Å². The van der Waals surface area contributed by atoms with Gasteiger partial charge in [-0.05, 0) is 56.0 Å². The van der Waals surface area contributed by atoms with Gasteiger partial charge in [0.25, 0.3) is 0 Å². The molecule has 0 saturated carbocycles. The van der Waals surface area contributed by atoms with Gasteiger partial charge in [-0.15, -0.1) is 12.4 Å². The number of halogens is 2. The van der Waals surface area contributed by atoms with Crippen LogP contribution in [-0.2, 0) is 6.42 Å². The molecule has 1 atom stereocenters. The van der Waals surface area contributed by atoms with Gasteiger partial charge < -0.3 is 10.1 Å². The molecule has 0 spiro atoms. The summed E-state index contributed by atoms with van der Waals surface area (Å²) in [5, 5.41) is 3.56. The molecule has 4 heteroatoms. The highest BCUT2D eigenvalue weighted by Crippen LogP contribution is 2.24. The monoisotopic (exact) mass is 347 g/mol. The number of hydrogen-bond donors (Lipinski definition) is 1. The molecule has 2 rings (SSSR count). The quantitative estimate of drug-likeness (QED) is 0.854. The van der Waals surface area contributed by atoms with E-state index in [0.717, 1.165) is 29.7 Å². The van der Waals surface area contributed by atoms with E-state index in [1.165, 1.54) is 31.4 Å². The van der Waals surface area contributed by atoms with Crippen LogP contribution in [0.4, 0.5) is 0 Å². The van der Waals surface area contributed by atoms with Crippen LogP contribution in [0, 0.1) is 0 Å². The molecule has 2 nitrogen and oxygen atoms in total. The van der Waals surface area contributed by atoms with Gasteiger partial charge in [-0.3, -0.25) is 0 Å². The molecule has 1 N–H and O–H groups in total. The molecule has 0 bridgehead atoms. The molecule has 1 fully saturated rings. The van der Waals surface area contributed by atoms with E-state index < -0.39 is 0 Å². The van der Waals surface area contributed by atoms with Gasteiger partial charge in [0.1, 0.15) is 5.75 Å². The SMILES string of the molecule is CCc1cc(Br)ccc1OCCC1CCCCN1.Cl. The fourth-order valence-corrected chi connectivity index (χ4v) is 2.86. The lowest BCUT2D eigenvalue weighted by atomic mass is 10.0. The van der Waals surface area contributed by atoms with Crippen LogP contribution in [0.2, 0.25) is 0 Å². The van der Waals surface area contributed by atoms with Crippen LogP contribution in [0.1, 0.15) is 38.2 Å². The average molecular weight is 349 g/mol. The Morgan fingerprint density at radius 2 is 2.21 bits per heavy atom. The Hall–Kier alpha value is -0.250. The molecule has 1 aromatic rings. The molecular formula is C15H23BrClNO. The normalized spacial score (nSPS) is 18.7. The highest BCUT2D eigenvalue weighted by Gasteiger charge is 2.12. The summed E-state index contributed by atoms with van der Waals surface area (Å²) in [4.78, 5) is 0. The Kier molecular flexibility index (Phi) is 7.81. The molecule has 1 heterocycles. The zero-order valence-electron chi connectivity index (χ0n) is 11.5. The minimum absolute atomic E-state index is 0. The van der Waals surface area contributed by atoms with Crippen molar-refractivity contribution in [1.29, 1.82) is 0 Å². The maximum atomic E-state index is 5.92. The third kappa shape index (κ3) is 5.33. The lowest BCUT2D eigenvalue weighted by Crippen LogP contribution is -2.35. The minimum Gasteiger partial charge on any atom is -0.493 e. The molecule has 1 aromatic carbocycles. The summed E-state index contributed by atoms with van der Waals surface area (Å²) in [6.07, 6.45) is 6.10. The Morgan fingerprint density at radius 3 is 2.89 bits per heavy atom. The van der Waals surface area contributed by atoms with Crippen molar-refractivity contribution < 1.29 is 4.74 Å². The number of nitrogens with one attached hydrogen (secondary N) is 1. The first-order valence-electron chi connectivity index (χ1n) is 6.94. The topological polar surface area (TPSA) is 21.3 Å². The van der Waals surface area contributed by atoms with Crippen molar-refractivity contribution in [1.82, 2.24) is 5.32 Å². The molecule has 0 aliphatic carbocycles. The molecule has 1 saturated heterocycles. The average Bonchev–Trinajstić information content (AvgIpc) is 2.41. The summed E-state index contributed by atoms with van der Waals surface area (Å²) >= 11 is 3.50. The molecule has 0 aromatic heterocycles. The number of rotatable bonds is 5. The largest absolute Gasteiger partial charge is 0.493 e. The van der Waals surface area contributed by atoms with Crippen LogP contribution >= 0.6 is 28.3 Å². The Labute approximate surface area is 130 Å². The summed E-state index contributed by atoms with van der Waals surface area (Å²) in [6.45, 7) is 4.15. The molecule has 0 amide bonds. The molecule has 1 aliphatic heterocycles. The Balaban J connectivity index is 0.00000180. The second-order valence-corrected chi connectivity index (χ2v) is 5.81. The van der Waals surface area contributed by atoms with E-state index in [1.54, 1.807) is 0 Å². The van der Waals surface area contributed by atoms with Gasteiger partial charge >= 0.3 is 0 Å². The highest BCUT2D eigenvalue weighted by atomic mass is 79.9. The van der Waals surface area contributed by atoms with Crippen molar-refractivity contribution in [3.8, 4) is 5.75 Å². The first kappa shape index (κ1) is 16.8. The Morgan fingerprint density at radius 1 is 1.37 bits per heavy atom. The van der Waals surface area contributed by atoms with Crippen LogP contribution in [0.25, 0.3) is 0 Å². The van der Waals surface area contributed by atoms with Crippen molar-refractivity contribution >= 4 is 28.3 Å². The van der Waals surface area contributed by atoms with Crippen molar-refractivity contribution in [2.45, 2.75) is 45.1 Å². The van der Waals surface area contributed by atoms with Gasteiger partial charge in [-0.25, -0.2) is 0 Å². The minimum atomic E-state index is 0. The van der Waals surface area contributed by atoms with Crippen LogP contribution in [0.15, 0.2) is 22.7 Å². The van der Waals surface area contributed by atoms with Crippen LogP contribution in [-0.4, -0.2) is 19.2 Å². The maximum absolute atomic E-state index is 5.92. The van der Waals surface area contributed by atoms with E-state index in [2.05, 4.69) is 40.3 Å². The number of piperidine rings is 1. The fourth-order valence-electron chi connectivity index (χ4n) is 2.45. The maximum Gasteiger partial charge on any atom is 0.122 e. The smallest absolute Gasteiger partial charge is 0.122 e. The molecular weight excluding hydrogens is 326 g/mol. The number of hydrogen-bond acceptors (Lipinski definition) is 2. The third-order valence-corrected chi connectivity index (χ3v) is 4.03. The third-order valence-electron chi connectivity index (χ3n) is 3.54. The van der Waals surface area contributed by atoms with Gasteiger partial charge in [0.2, 0.25) is 0 Å². The summed E-state index contributed by atoms with van der Waals surface area (Å²) in [5.74, 6) is 1.04. The summed E-state index contributed by atoms with van der Waals surface area (Å²) in [5.41, 5.74) is 1.28. The van der Waals surface area contributed by atoms with Crippen molar-refractivity contribution in [3.05, 3.63) is 28.2 Å². The van der Waals surface area contributed by atoms with Crippen molar-refractivity contribution in [3.63, 3.8) is 0 Å². The second kappa shape index (κ2) is 8.83. The van der Waals surface area contributed by atoms with Crippen LogP contribution in [0.5, 0.6) is 5.75 Å². The van der Waals surface area contributed by atoms with Gasteiger partial charge in [0, 0.05) is 10.5 Å². The lowest BCUT2D eigenvalue weighted by Gasteiger charge is -2.23. The predicted octanol–water partition coefficient (Wildman–Crippen LogP) is 4.34. The molecule has 1 aliphatic rings. The van der Waals surface area contributed by atoms with E-state index in [4.69, 9.17) is 4.74 Å². The first-order chi connectivity index (χ1) is 8.79. The van der Waals surface area contributed by atoms with Crippen molar-refractivity contribution in [2.24, 2.45) is 0 Å². The summed E-state index contributed by atoms with van der Waals surface area (Å²) in [6, 6.07) is 6.91. The number of ether oxygens (including phenoxy) is 1. The zero-order chi connectivity index (χ0) is 12.8. The molecule has 0 radical (unpaired) electrons. The lowest BCUT2D eigenvalue weighted by molar-refractivity contribution is 0.266. The van der Waals surface area contributed by atoms with E-state index >= 15 is 0 Å². The summed E-state index contributed by atoms with van der Waals surface area (Å²) in [7, 11) is 0. The van der Waals surface area contributed by atoms with Crippen LogP contribution in [0.3, 0.4) is 0 Å². The highest BCUT2D eigenvalue weighted by molar-refractivity contribution is 9.10. The van der Waals surface area contributed by atoms with Crippen LogP contribution < -0.4 is 10.1 Å².